The topological polar surface area (TPSA) is 54.3 Å². The lowest BCUT2D eigenvalue weighted by Gasteiger charge is -2.47. The molecule has 0 spiro atoms. The molecule has 1 aromatic carbocycles. The molecule has 3 aliphatic rings. The first kappa shape index (κ1) is 20.8. The van der Waals surface area contributed by atoms with E-state index in [1.807, 2.05) is 23.6 Å². The normalized spacial score (nSPS) is 23.7. The van der Waals surface area contributed by atoms with Gasteiger partial charge in [-0.2, -0.15) is 0 Å². The maximum Gasteiger partial charge on any atom is 0.250 e. The molecule has 172 valence electrons. The van der Waals surface area contributed by atoms with Crippen LogP contribution >= 0.6 is 0 Å². The van der Waals surface area contributed by atoms with Gasteiger partial charge >= 0.3 is 0 Å². The predicted molar refractivity (Wildman–Crippen MR) is 127 cm³/mol. The second-order valence-electron chi connectivity index (χ2n) is 10.1. The molecule has 0 N–H and O–H groups in total. The Bertz CT molecular complexity index is 1280. The molecular formula is C26H30FN5O. The third kappa shape index (κ3) is 3.62. The highest BCUT2D eigenvalue weighted by molar-refractivity contribution is 5.82. The average Bonchev–Trinajstić information content (AvgIpc) is 2.81. The summed E-state index contributed by atoms with van der Waals surface area (Å²) < 4.78 is 16.1. The Balaban J connectivity index is 1.17. The summed E-state index contributed by atoms with van der Waals surface area (Å²) in [5.74, 6) is 1.50. The SMILES string of the molecule is Cc1cc2c(C)nc(N3CCC(N4C[C@@H]5C[C@@H](C4)c4cccc(=O)n4C5)CC3)nc2cc1F. The molecule has 0 amide bonds. The number of halogens is 1. The van der Waals surface area contributed by atoms with Crippen molar-refractivity contribution >= 4 is 16.9 Å². The Morgan fingerprint density at radius 1 is 1.03 bits per heavy atom. The zero-order valence-corrected chi connectivity index (χ0v) is 19.3. The van der Waals surface area contributed by atoms with Crippen molar-refractivity contribution in [3.05, 3.63) is 63.5 Å². The Kier molecular flexibility index (Phi) is 4.98. The number of piperidine rings is 2. The molecule has 7 heteroatoms. The molecular weight excluding hydrogens is 417 g/mol. The quantitative estimate of drug-likeness (QED) is 0.601. The Hall–Kier alpha value is -2.80. The van der Waals surface area contributed by atoms with Crippen LogP contribution in [0.1, 0.15) is 42.1 Å². The van der Waals surface area contributed by atoms with E-state index in [1.54, 1.807) is 13.0 Å². The maximum atomic E-state index is 14.1. The van der Waals surface area contributed by atoms with Gasteiger partial charge in [0.1, 0.15) is 5.82 Å². The minimum Gasteiger partial charge on any atom is -0.341 e. The molecule has 2 aromatic heterocycles. The van der Waals surface area contributed by atoms with Gasteiger partial charge in [0.05, 0.1) is 11.2 Å². The molecule has 6 rings (SSSR count). The zero-order valence-electron chi connectivity index (χ0n) is 19.3. The van der Waals surface area contributed by atoms with Crippen molar-refractivity contribution < 1.29 is 4.39 Å². The number of pyridine rings is 1. The number of likely N-dealkylation sites (tertiary alicyclic amines) is 1. The van der Waals surface area contributed by atoms with Gasteiger partial charge in [-0.3, -0.25) is 9.69 Å². The van der Waals surface area contributed by atoms with Crippen LogP contribution in [0.2, 0.25) is 0 Å². The average molecular weight is 448 g/mol. The molecule has 0 saturated carbocycles. The number of benzene rings is 1. The number of nitrogens with zero attached hydrogens (tertiary/aromatic N) is 5. The maximum absolute atomic E-state index is 14.1. The van der Waals surface area contributed by atoms with Crippen LogP contribution in [-0.2, 0) is 6.54 Å². The highest BCUT2D eigenvalue weighted by Gasteiger charge is 2.37. The number of anilines is 1. The van der Waals surface area contributed by atoms with Crippen molar-refractivity contribution in [1.82, 2.24) is 19.4 Å². The Morgan fingerprint density at radius 3 is 2.67 bits per heavy atom. The lowest BCUT2D eigenvalue weighted by molar-refractivity contribution is 0.0704. The van der Waals surface area contributed by atoms with E-state index in [9.17, 15) is 9.18 Å². The van der Waals surface area contributed by atoms with Crippen molar-refractivity contribution in [1.29, 1.82) is 0 Å². The van der Waals surface area contributed by atoms with Gasteiger partial charge in [0.25, 0.3) is 5.56 Å². The standard InChI is InChI=1S/C26H30FN5O/c1-16-10-21-17(2)28-26(29-23(21)12-22(16)27)30-8-6-20(7-9-30)31-13-18-11-19(15-31)24-4-3-5-25(33)32(24)14-18/h3-5,10,12,18-20H,6-9,11,13-15H2,1-2H3/t18-,19-/m0/s1. The molecule has 0 radical (unpaired) electrons. The second-order valence-corrected chi connectivity index (χ2v) is 10.1. The van der Waals surface area contributed by atoms with Crippen molar-refractivity contribution in [2.24, 2.45) is 5.92 Å². The van der Waals surface area contributed by atoms with Gasteiger partial charge in [0.2, 0.25) is 5.95 Å². The predicted octanol–water partition coefficient (Wildman–Crippen LogP) is 3.64. The summed E-state index contributed by atoms with van der Waals surface area (Å²) in [5.41, 5.74) is 3.56. The third-order valence-electron chi connectivity index (χ3n) is 7.93. The van der Waals surface area contributed by atoms with Gasteiger partial charge in [-0.25, -0.2) is 14.4 Å². The minimum atomic E-state index is -0.218. The van der Waals surface area contributed by atoms with E-state index in [0.29, 0.717) is 34.9 Å². The number of hydrogen-bond donors (Lipinski definition) is 0. The van der Waals surface area contributed by atoms with Crippen molar-refractivity contribution in [2.75, 3.05) is 31.1 Å². The molecule has 33 heavy (non-hydrogen) atoms. The fourth-order valence-corrected chi connectivity index (χ4v) is 6.20. The smallest absolute Gasteiger partial charge is 0.250 e. The first-order chi connectivity index (χ1) is 16.0. The minimum absolute atomic E-state index is 0.143. The van der Waals surface area contributed by atoms with Gasteiger partial charge in [0, 0.05) is 67.9 Å². The van der Waals surface area contributed by atoms with Crippen molar-refractivity contribution in [2.45, 2.75) is 51.6 Å². The van der Waals surface area contributed by atoms with Crippen LogP contribution in [0.15, 0.2) is 35.1 Å². The summed E-state index contributed by atoms with van der Waals surface area (Å²) in [6.07, 6.45) is 3.34. The lowest BCUT2D eigenvalue weighted by Crippen LogP contribution is -2.53. The van der Waals surface area contributed by atoms with Gasteiger partial charge in [-0.15, -0.1) is 0 Å². The van der Waals surface area contributed by atoms with Crippen molar-refractivity contribution in [3.63, 3.8) is 0 Å². The summed E-state index contributed by atoms with van der Waals surface area (Å²) in [4.78, 5) is 26.7. The van der Waals surface area contributed by atoms with E-state index in [2.05, 4.69) is 15.9 Å². The highest BCUT2D eigenvalue weighted by Crippen LogP contribution is 2.37. The second kappa shape index (κ2) is 7.90. The molecule has 5 heterocycles. The van der Waals surface area contributed by atoms with Crippen LogP contribution < -0.4 is 10.5 Å². The zero-order chi connectivity index (χ0) is 22.7. The number of fused-ring (bicyclic) bond motifs is 5. The van der Waals surface area contributed by atoms with E-state index in [-0.39, 0.29) is 11.4 Å². The molecule has 2 saturated heterocycles. The summed E-state index contributed by atoms with van der Waals surface area (Å²) in [5, 5.41) is 0.923. The molecule has 3 aliphatic heterocycles. The summed E-state index contributed by atoms with van der Waals surface area (Å²) in [6.45, 7) is 8.53. The Morgan fingerprint density at radius 2 is 1.85 bits per heavy atom. The summed E-state index contributed by atoms with van der Waals surface area (Å²) >= 11 is 0. The van der Waals surface area contributed by atoms with E-state index in [0.717, 1.165) is 56.6 Å². The van der Waals surface area contributed by atoms with E-state index in [1.165, 1.54) is 18.2 Å². The van der Waals surface area contributed by atoms with Crippen LogP contribution in [0.4, 0.5) is 10.3 Å². The van der Waals surface area contributed by atoms with Crippen LogP contribution in [0.5, 0.6) is 0 Å². The Labute approximate surface area is 193 Å². The molecule has 0 aliphatic carbocycles. The van der Waals surface area contributed by atoms with Crippen LogP contribution in [0, 0.1) is 25.6 Å². The van der Waals surface area contributed by atoms with E-state index < -0.39 is 0 Å². The monoisotopic (exact) mass is 447 g/mol. The van der Waals surface area contributed by atoms with Crippen LogP contribution in [-0.4, -0.2) is 51.7 Å². The number of rotatable bonds is 2. The number of aryl methyl sites for hydroxylation is 2. The first-order valence-electron chi connectivity index (χ1n) is 12.1. The summed E-state index contributed by atoms with van der Waals surface area (Å²) in [7, 11) is 0. The first-order valence-corrected chi connectivity index (χ1v) is 12.1. The largest absolute Gasteiger partial charge is 0.341 e. The van der Waals surface area contributed by atoms with Crippen LogP contribution in [0.25, 0.3) is 10.9 Å². The number of hydrogen-bond acceptors (Lipinski definition) is 5. The fraction of sp³-hybridized carbons (Fsp3) is 0.500. The highest BCUT2D eigenvalue weighted by atomic mass is 19.1. The van der Waals surface area contributed by atoms with E-state index >= 15 is 0 Å². The molecule has 3 aromatic rings. The van der Waals surface area contributed by atoms with Crippen LogP contribution in [0.3, 0.4) is 0 Å². The van der Waals surface area contributed by atoms with Crippen molar-refractivity contribution in [3.8, 4) is 0 Å². The van der Waals surface area contributed by atoms with Gasteiger partial charge in [0.15, 0.2) is 0 Å². The fourth-order valence-electron chi connectivity index (χ4n) is 6.20. The van der Waals surface area contributed by atoms with Gasteiger partial charge in [-0.1, -0.05) is 6.07 Å². The lowest BCUT2D eigenvalue weighted by atomic mass is 9.82. The summed E-state index contributed by atoms with van der Waals surface area (Å²) in [6, 6.07) is 9.66. The molecule has 2 fully saturated rings. The van der Waals surface area contributed by atoms with Gasteiger partial charge in [-0.05, 0) is 56.7 Å². The molecule has 2 atom stereocenters. The number of aromatic nitrogens is 3. The van der Waals surface area contributed by atoms with Gasteiger partial charge < -0.3 is 9.47 Å². The van der Waals surface area contributed by atoms with E-state index in [4.69, 9.17) is 9.97 Å². The molecule has 2 bridgehead atoms. The third-order valence-corrected chi connectivity index (χ3v) is 7.93. The molecule has 0 unspecified atom stereocenters. The molecule has 6 nitrogen and oxygen atoms in total.